The van der Waals surface area contributed by atoms with Gasteiger partial charge in [0.15, 0.2) is 5.96 Å². The van der Waals surface area contributed by atoms with E-state index >= 15 is 0 Å². The third-order valence-electron chi connectivity index (χ3n) is 5.59. The first-order valence-corrected chi connectivity index (χ1v) is 9.38. The number of hydrogen-bond acceptors (Lipinski definition) is 3. The lowest BCUT2D eigenvalue weighted by Crippen LogP contribution is -2.46. The number of guanidine groups is 1. The summed E-state index contributed by atoms with van der Waals surface area (Å²) in [5, 5.41) is 17.0. The van der Waals surface area contributed by atoms with Gasteiger partial charge in [-0.05, 0) is 43.4 Å². The highest BCUT2D eigenvalue weighted by molar-refractivity contribution is 14.0. The molecule has 146 valence electrons. The summed E-state index contributed by atoms with van der Waals surface area (Å²) < 4.78 is 5.55. The van der Waals surface area contributed by atoms with Crippen molar-refractivity contribution in [2.24, 2.45) is 10.4 Å². The van der Waals surface area contributed by atoms with E-state index in [9.17, 15) is 5.11 Å². The minimum atomic E-state index is 0. The second kappa shape index (κ2) is 9.57. The molecule has 7 heteroatoms. The first-order valence-electron chi connectivity index (χ1n) is 9.01. The lowest BCUT2D eigenvalue weighted by atomic mass is 9.84. The van der Waals surface area contributed by atoms with Crippen LogP contribution in [0.5, 0.6) is 0 Å². The molecule has 1 aromatic rings. The quantitative estimate of drug-likeness (QED) is 0.310. The molecule has 2 fully saturated rings. The van der Waals surface area contributed by atoms with Gasteiger partial charge in [0.05, 0.1) is 6.61 Å². The summed E-state index contributed by atoms with van der Waals surface area (Å²) in [6, 6.07) is 8.17. The molecule has 1 saturated carbocycles. The average molecular weight is 494 g/mol. The molecule has 0 radical (unpaired) electrons. The number of hydrogen-bond donors (Lipinski definition) is 3. The zero-order valence-electron chi connectivity index (χ0n) is 15.3. The van der Waals surface area contributed by atoms with Crippen molar-refractivity contribution in [3.05, 3.63) is 34.9 Å². The van der Waals surface area contributed by atoms with E-state index in [0.717, 1.165) is 43.5 Å². The fourth-order valence-corrected chi connectivity index (χ4v) is 3.70. The number of ether oxygens (including phenoxy) is 1. The Balaban J connectivity index is 0.00000243. The topological polar surface area (TPSA) is 65.9 Å². The van der Waals surface area contributed by atoms with Crippen molar-refractivity contribution >= 4 is 41.5 Å². The Kier molecular flexibility index (Phi) is 8.00. The molecule has 0 bridgehead atoms. The van der Waals surface area contributed by atoms with Gasteiger partial charge in [0, 0.05) is 49.2 Å². The van der Waals surface area contributed by atoms with E-state index in [1.54, 1.807) is 7.05 Å². The Morgan fingerprint density at radius 3 is 2.42 bits per heavy atom. The molecule has 0 amide bonds. The zero-order valence-corrected chi connectivity index (χ0v) is 18.3. The molecule has 1 unspecified atom stereocenters. The number of benzene rings is 1. The number of aliphatic imine (C=N–C) groups is 1. The minimum Gasteiger partial charge on any atom is -0.396 e. The molecule has 0 aromatic heterocycles. The van der Waals surface area contributed by atoms with Gasteiger partial charge in [0.25, 0.3) is 0 Å². The summed E-state index contributed by atoms with van der Waals surface area (Å²) in [6.45, 7) is 3.29. The number of nitrogens with one attached hydrogen (secondary N) is 2. The van der Waals surface area contributed by atoms with Gasteiger partial charge < -0.3 is 20.5 Å². The standard InChI is InChI=1S/C19H28ClN3O2.HI/c1-21-17(22-12-18(8-10-24)9-11-25-14-18)23-13-19(6-7-19)15-2-4-16(20)5-3-15;/h2-5,24H,6-14H2,1H3,(H2,21,22,23);1H. The highest BCUT2D eigenvalue weighted by Gasteiger charge is 2.44. The summed E-state index contributed by atoms with van der Waals surface area (Å²) in [5.74, 6) is 0.810. The smallest absolute Gasteiger partial charge is 0.191 e. The molecule has 2 aliphatic rings. The van der Waals surface area contributed by atoms with Crippen LogP contribution in [0.15, 0.2) is 29.3 Å². The van der Waals surface area contributed by atoms with Crippen LogP contribution in [0.2, 0.25) is 5.02 Å². The van der Waals surface area contributed by atoms with Crippen LogP contribution in [0.4, 0.5) is 0 Å². The van der Waals surface area contributed by atoms with Crippen LogP contribution in [0.25, 0.3) is 0 Å². The van der Waals surface area contributed by atoms with Crippen molar-refractivity contribution < 1.29 is 9.84 Å². The van der Waals surface area contributed by atoms with E-state index in [2.05, 4.69) is 27.8 Å². The van der Waals surface area contributed by atoms with Crippen molar-refractivity contribution in [3.63, 3.8) is 0 Å². The SMILES string of the molecule is CN=C(NCC1(CCO)CCOC1)NCC1(c2ccc(Cl)cc2)CC1.I. The van der Waals surface area contributed by atoms with Crippen LogP contribution >= 0.6 is 35.6 Å². The number of nitrogens with zero attached hydrogens (tertiary/aromatic N) is 1. The number of aliphatic hydroxyl groups excluding tert-OH is 1. The number of rotatable bonds is 7. The van der Waals surface area contributed by atoms with E-state index in [0.29, 0.717) is 6.61 Å². The van der Waals surface area contributed by atoms with Gasteiger partial charge >= 0.3 is 0 Å². The second-order valence-electron chi connectivity index (χ2n) is 7.34. The van der Waals surface area contributed by atoms with Crippen LogP contribution in [-0.4, -0.2) is 51.0 Å². The Labute approximate surface area is 178 Å². The van der Waals surface area contributed by atoms with Crippen molar-refractivity contribution in [1.82, 2.24) is 10.6 Å². The lowest BCUT2D eigenvalue weighted by Gasteiger charge is -2.28. The van der Waals surface area contributed by atoms with Crippen molar-refractivity contribution in [1.29, 1.82) is 0 Å². The number of halogens is 2. The minimum absolute atomic E-state index is 0. The van der Waals surface area contributed by atoms with Crippen molar-refractivity contribution in [2.45, 2.75) is 31.1 Å². The van der Waals surface area contributed by atoms with Gasteiger partial charge in [0.1, 0.15) is 0 Å². The van der Waals surface area contributed by atoms with Gasteiger partial charge in [-0.25, -0.2) is 0 Å². The van der Waals surface area contributed by atoms with Crippen LogP contribution in [0, 0.1) is 5.41 Å². The summed E-state index contributed by atoms with van der Waals surface area (Å²) in [5.41, 5.74) is 1.54. The first-order chi connectivity index (χ1) is 12.1. The third kappa shape index (κ3) is 5.24. The lowest BCUT2D eigenvalue weighted by molar-refractivity contribution is 0.127. The van der Waals surface area contributed by atoms with Gasteiger partial charge in [-0.3, -0.25) is 4.99 Å². The van der Waals surface area contributed by atoms with E-state index in [-0.39, 0.29) is 41.4 Å². The molecule has 3 rings (SSSR count). The van der Waals surface area contributed by atoms with Crippen LogP contribution in [0.3, 0.4) is 0 Å². The molecular weight excluding hydrogens is 465 g/mol. The predicted molar refractivity (Wildman–Crippen MR) is 117 cm³/mol. The molecular formula is C19H29ClIN3O2. The molecule has 1 aromatic carbocycles. The van der Waals surface area contributed by atoms with Crippen LogP contribution < -0.4 is 10.6 Å². The molecule has 1 saturated heterocycles. The fraction of sp³-hybridized carbons (Fsp3) is 0.632. The largest absolute Gasteiger partial charge is 0.396 e. The van der Waals surface area contributed by atoms with E-state index in [1.807, 2.05) is 12.1 Å². The van der Waals surface area contributed by atoms with E-state index < -0.39 is 0 Å². The highest BCUT2D eigenvalue weighted by Crippen LogP contribution is 2.47. The monoisotopic (exact) mass is 493 g/mol. The zero-order chi connectivity index (χ0) is 17.8. The van der Waals surface area contributed by atoms with E-state index in [4.69, 9.17) is 16.3 Å². The molecule has 3 N–H and O–H groups in total. The molecule has 1 heterocycles. The normalized spacial score (nSPS) is 24.0. The van der Waals surface area contributed by atoms with Crippen molar-refractivity contribution in [2.75, 3.05) is 40.0 Å². The molecule has 26 heavy (non-hydrogen) atoms. The fourth-order valence-electron chi connectivity index (χ4n) is 3.58. The van der Waals surface area contributed by atoms with Crippen LogP contribution in [0.1, 0.15) is 31.2 Å². The summed E-state index contributed by atoms with van der Waals surface area (Å²) in [4.78, 5) is 4.35. The van der Waals surface area contributed by atoms with E-state index in [1.165, 1.54) is 18.4 Å². The third-order valence-corrected chi connectivity index (χ3v) is 5.84. The maximum atomic E-state index is 9.34. The van der Waals surface area contributed by atoms with Gasteiger partial charge in [-0.2, -0.15) is 0 Å². The summed E-state index contributed by atoms with van der Waals surface area (Å²) in [7, 11) is 1.79. The Morgan fingerprint density at radius 2 is 1.88 bits per heavy atom. The Morgan fingerprint density at radius 1 is 1.19 bits per heavy atom. The molecule has 0 spiro atoms. The first kappa shape index (κ1) is 21.7. The second-order valence-corrected chi connectivity index (χ2v) is 7.78. The maximum Gasteiger partial charge on any atom is 0.191 e. The van der Waals surface area contributed by atoms with Crippen molar-refractivity contribution in [3.8, 4) is 0 Å². The molecule has 5 nitrogen and oxygen atoms in total. The van der Waals surface area contributed by atoms with Crippen LogP contribution in [-0.2, 0) is 10.2 Å². The predicted octanol–water partition coefficient (Wildman–Crippen LogP) is 2.94. The summed E-state index contributed by atoms with van der Waals surface area (Å²) in [6.07, 6.45) is 4.10. The molecule has 1 atom stereocenters. The van der Waals surface area contributed by atoms with Gasteiger partial charge in [0.2, 0.25) is 0 Å². The summed E-state index contributed by atoms with van der Waals surface area (Å²) >= 11 is 6.00. The Bertz CT molecular complexity index is 599. The van der Waals surface area contributed by atoms with Gasteiger partial charge in [-0.1, -0.05) is 23.7 Å². The Hall–Kier alpha value is -0.570. The molecule has 1 aliphatic heterocycles. The average Bonchev–Trinajstić information content (AvgIpc) is 3.27. The maximum absolute atomic E-state index is 9.34. The number of aliphatic hydroxyl groups is 1. The molecule has 1 aliphatic carbocycles. The highest BCUT2D eigenvalue weighted by atomic mass is 127. The van der Waals surface area contributed by atoms with Gasteiger partial charge in [-0.15, -0.1) is 24.0 Å².